The number of ether oxygens (including phenoxy) is 1. The highest BCUT2D eigenvalue weighted by atomic mass is 16.5. The number of nitrogens with one attached hydrogen (secondary N) is 1. The second-order valence-electron chi connectivity index (χ2n) is 3.46. The van der Waals surface area contributed by atoms with Gasteiger partial charge in [0.1, 0.15) is 0 Å². The number of carbonyl (C=O) groups excluding carboxylic acids is 1. The largest absolute Gasteiger partial charge is 0.469 e. The summed E-state index contributed by atoms with van der Waals surface area (Å²) in [4.78, 5) is 11.1. The van der Waals surface area contributed by atoms with Crippen LogP contribution < -0.4 is 5.32 Å². The molecule has 1 aromatic carbocycles. The van der Waals surface area contributed by atoms with E-state index in [4.69, 9.17) is 0 Å². The van der Waals surface area contributed by atoms with Gasteiger partial charge in [-0.15, -0.1) is 0 Å². The third kappa shape index (κ3) is 4.28. The van der Waals surface area contributed by atoms with E-state index in [1.165, 1.54) is 7.11 Å². The third-order valence-corrected chi connectivity index (χ3v) is 2.16. The van der Waals surface area contributed by atoms with Crippen molar-refractivity contribution in [3.05, 3.63) is 41.5 Å². The minimum absolute atomic E-state index is 0.212. The smallest absolute Gasteiger partial charge is 0.309 e. The number of hydrogen-bond acceptors (Lipinski definition) is 3. The number of rotatable bonds is 5. The zero-order chi connectivity index (χ0) is 11.8. The summed E-state index contributed by atoms with van der Waals surface area (Å²) in [5.41, 5.74) is 2.06. The van der Waals surface area contributed by atoms with Crippen LogP contribution in [0.1, 0.15) is 11.1 Å². The number of likely N-dealkylation sites (N-methyl/N-ethyl adjacent to an activating group) is 1. The summed E-state index contributed by atoms with van der Waals surface area (Å²) in [7, 11) is 3.30. The summed E-state index contributed by atoms with van der Waals surface area (Å²) in [5.74, 6) is -0.212. The third-order valence-electron chi connectivity index (χ3n) is 2.16. The normalized spacial score (nSPS) is 10.6. The summed E-state index contributed by atoms with van der Waals surface area (Å²) in [6, 6.07) is 7.86. The molecule has 0 aliphatic heterocycles. The summed E-state index contributed by atoms with van der Waals surface area (Å²) < 4.78 is 4.63. The Morgan fingerprint density at radius 2 is 2.31 bits per heavy atom. The molecule has 3 nitrogen and oxygen atoms in total. The number of carbonyl (C=O) groups is 1. The molecule has 0 heterocycles. The summed E-state index contributed by atoms with van der Waals surface area (Å²) in [6.45, 7) is 0.835. The quantitative estimate of drug-likeness (QED) is 0.765. The minimum Gasteiger partial charge on any atom is -0.469 e. The van der Waals surface area contributed by atoms with E-state index in [0.717, 1.165) is 17.7 Å². The fraction of sp³-hybridized carbons (Fsp3) is 0.308. The van der Waals surface area contributed by atoms with Crippen molar-refractivity contribution in [2.24, 2.45) is 0 Å². The molecule has 1 N–H and O–H groups in total. The first kappa shape index (κ1) is 12.5. The molecular weight excluding hydrogens is 202 g/mol. The van der Waals surface area contributed by atoms with Crippen LogP contribution in [0.4, 0.5) is 0 Å². The standard InChI is InChI=1S/C13H17NO2/c1-14-8-4-7-11-5-3-6-12(9-11)10-13(15)16-2/h3-7,9,14H,8,10H2,1-2H3. The van der Waals surface area contributed by atoms with E-state index in [0.29, 0.717) is 6.42 Å². The molecule has 0 bridgehead atoms. The van der Waals surface area contributed by atoms with Gasteiger partial charge in [0.05, 0.1) is 13.5 Å². The summed E-state index contributed by atoms with van der Waals surface area (Å²) in [5, 5.41) is 3.03. The van der Waals surface area contributed by atoms with E-state index < -0.39 is 0 Å². The fourth-order valence-corrected chi connectivity index (χ4v) is 1.36. The van der Waals surface area contributed by atoms with E-state index in [1.54, 1.807) is 0 Å². The van der Waals surface area contributed by atoms with Gasteiger partial charge in [0, 0.05) is 6.54 Å². The number of hydrogen-bond donors (Lipinski definition) is 1. The monoisotopic (exact) mass is 219 g/mol. The first-order chi connectivity index (χ1) is 7.76. The van der Waals surface area contributed by atoms with E-state index >= 15 is 0 Å². The molecule has 0 saturated carbocycles. The lowest BCUT2D eigenvalue weighted by Crippen LogP contribution is -2.04. The number of benzene rings is 1. The Bertz CT molecular complexity index is 372. The molecule has 0 atom stereocenters. The Hall–Kier alpha value is -1.61. The molecule has 86 valence electrons. The molecule has 0 saturated heterocycles. The highest BCUT2D eigenvalue weighted by molar-refractivity contribution is 5.72. The molecular formula is C13H17NO2. The van der Waals surface area contributed by atoms with Crippen LogP contribution >= 0.6 is 0 Å². The van der Waals surface area contributed by atoms with Gasteiger partial charge in [-0.1, -0.05) is 36.4 Å². The minimum atomic E-state index is -0.212. The first-order valence-corrected chi connectivity index (χ1v) is 5.23. The topological polar surface area (TPSA) is 38.3 Å². The zero-order valence-electron chi connectivity index (χ0n) is 9.69. The van der Waals surface area contributed by atoms with Gasteiger partial charge in [0.25, 0.3) is 0 Å². The highest BCUT2D eigenvalue weighted by Gasteiger charge is 2.02. The van der Waals surface area contributed by atoms with Crippen molar-refractivity contribution in [3.63, 3.8) is 0 Å². The van der Waals surface area contributed by atoms with Crippen molar-refractivity contribution in [3.8, 4) is 0 Å². The van der Waals surface area contributed by atoms with Crippen molar-refractivity contribution in [2.75, 3.05) is 20.7 Å². The van der Waals surface area contributed by atoms with Gasteiger partial charge in [0.2, 0.25) is 0 Å². The fourth-order valence-electron chi connectivity index (χ4n) is 1.36. The second kappa shape index (κ2) is 6.80. The summed E-state index contributed by atoms with van der Waals surface area (Å²) in [6.07, 6.45) is 4.39. The molecule has 0 aliphatic carbocycles. The van der Waals surface area contributed by atoms with Crippen LogP contribution in [0.3, 0.4) is 0 Å². The average molecular weight is 219 g/mol. The Morgan fingerprint density at radius 1 is 1.50 bits per heavy atom. The summed E-state index contributed by atoms with van der Waals surface area (Å²) >= 11 is 0. The van der Waals surface area contributed by atoms with E-state index in [9.17, 15) is 4.79 Å². The van der Waals surface area contributed by atoms with E-state index in [1.807, 2.05) is 43.5 Å². The van der Waals surface area contributed by atoms with Gasteiger partial charge in [-0.05, 0) is 18.2 Å². The number of methoxy groups -OCH3 is 1. The Morgan fingerprint density at radius 3 is 3.00 bits per heavy atom. The Kier molecular flexibility index (Phi) is 5.29. The second-order valence-corrected chi connectivity index (χ2v) is 3.46. The average Bonchev–Trinajstić information content (AvgIpc) is 2.30. The van der Waals surface area contributed by atoms with Gasteiger partial charge in [-0.25, -0.2) is 0 Å². The van der Waals surface area contributed by atoms with Crippen LogP contribution in [0.25, 0.3) is 6.08 Å². The molecule has 1 aromatic rings. The van der Waals surface area contributed by atoms with Gasteiger partial charge in [-0.2, -0.15) is 0 Å². The first-order valence-electron chi connectivity index (χ1n) is 5.23. The predicted octanol–water partition coefficient (Wildman–Crippen LogP) is 1.63. The molecule has 3 heteroatoms. The van der Waals surface area contributed by atoms with Crippen LogP contribution in [-0.2, 0) is 16.0 Å². The Labute approximate surface area is 96.1 Å². The van der Waals surface area contributed by atoms with Crippen molar-refractivity contribution in [1.29, 1.82) is 0 Å². The van der Waals surface area contributed by atoms with Crippen molar-refractivity contribution >= 4 is 12.0 Å². The lowest BCUT2D eigenvalue weighted by atomic mass is 10.1. The molecule has 0 spiro atoms. The number of esters is 1. The molecule has 0 aromatic heterocycles. The van der Waals surface area contributed by atoms with Crippen LogP contribution in [0.2, 0.25) is 0 Å². The van der Waals surface area contributed by atoms with Gasteiger partial charge >= 0.3 is 5.97 Å². The molecule has 0 fully saturated rings. The molecule has 0 amide bonds. The molecule has 16 heavy (non-hydrogen) atoms. The Balaban J connectivity index is 2.67. The SMILES string of the molecule is CNCC=Cc1cccc(CC(=O)OC)c1. The van der Waals surface area contributed by atoms with Gasteiger partial charge in [-0.3, -0.25) is 4.79 Å². The highest BCUT2D eigenvalue weighted by Crippen LogP contribution is 2.08. The van der Waals surface area contributed by atoms with Crippen LogP contribution in [0.15, 0.2) is 30.3 Å². The van der Waals surface area contributed by atoms with Crippen molar-refractivity contribution in [1.82, 2.24) is 5.32 Å². The van der Waals surface area contributed by atoms with Gasteiger partial charge < -0.3 is 10.1 Å². The lowest BCUT2D eigenvalue weighted by Gasteiger charge is -2.01. The van der Waals surface area contributed by atoms with Crippen LogP contribution in [0, 0.1) is 0 Å². The van der Waals surface area contributed by atoms with Crippen molar-refractivity contribution < 1.29 is 9.53 Å². The maximum Gasteiger partial charge on any atom is 0.309 e. The lowest BCUT2D eigenvalue weighted by molar-refractivity contribution is -0.139. The van der Waals surface area contributed by atoms with Crippen LogP contribution in [-0.4, -0.2) is 26.7 Å². The molecule has 0 radical (unpaired) electrons. The maximum atomic E-state index is 11.1. The maximum absolute atomic E-state index is 11.1. The van der Waals surface area contributed by atoms with E-state index in [2.05, 4.69) is 10.1 Å². The van der Waals surface area contributed by atoms with Crippen molar-refractivity contribution in [2.45, 2.75) is 6.42 Å². The molecule has 1 rings (SSSR count). The van der Waals surface area contributed by atoms with Crippen LogP contribution in [0.5, 0.6) is 0 Å². The predicted molar refractivity (Wildman–Crippen MR) is 65.1 cm³/mol. The zero-order valence-corrected chi connectivity index (χ0v) is 9.69. The van der Waals surface area contributed by atoms with E-state index in [-0.39, 0.29) is 5.97 Å². The molecule has 0 aliphatic rings. The van der Waals surface area contributed by atoms with Gasteiger partial charge in [0.15, 0.2) is 0 Å². The molecule has 0 unspecified atom stereocenters.